The van der Waals surface area contributed by atoms with Crippen LogP contribution in [0.5, 0.6) is 0 Å². The molecule has 1 atom stereocenters. The number of alkyl halides is 3. The van der Waals surface area contributed by atoms with Crippen molar-refractivity contribution in [3.63, 3.8) is 0 Å². The number of rotatable bonds is 5. The van der Waals surface area contributed by atoms with E-state index in [0.717, 1.165) is 23.8 Å². The van der Waals surface area contributed by atoms with Crippen LogP contribution in [0.25, 0.3) is 11.1 Å². The van der Waals surface area contributed by atoms with Crippen molar-refractivity contribution >= 4 is 17.8 Å². The summed E-state index contributed by atoms with van der Waals surface area (Å²) < 4.78 is 53.3. The van der Waals surface area contributed by atoms with Gasteiger partial charge in [-0.1, -0.05) is 48.5 Å². The standard InChI is InChI=1S/C29H24F3N3O5/c30-29(31,32)23-10-4-9-22(20-7-2-1-3-8-20)26(23)27(38)34-21-13-15-35(18-19-6-5-14-33-17-19)28(16-21)39-24(36)11-12-25(37)40-28/h1-12,14,17,21H,13,15-16,18H2,(H,34,38). The molecule has 5 rings (SSSR count). The number of halogens is 3. The molecule has 3 aromatic rings. The van der Waals surface area contributed by atoms with Gasteiger partial charge in [0.1, 0.15) is 0 Å². The Balaban J connectivity index is 1.47. The number of amides is 1. The molecule has 2 aliphatic heterocycles. The van der Waals surface area contributed by atoms with E-state index in [2.05, 4.69) is 10.3 Å². The number of carbonyl (C=O) groups is 3. The predicted octanol–water partition coefficient (Wildman–Crippen LogP) is 4.47. The SMILES string of the molecule is O=C1C=CC(=O)OC2(CC(NC(=O)c3c(-c4ccccc4)cccc3C(F)(F)F)CCN2Cc2cccnc2)O1. The molecule has 0 radical (unpaired) electrons. The third-order valence-electron chi connectivity index (χ3n) is 6.72. The Morgan fingerprint density at radius 2 is 1.73 bits per heavy atom. The number of hydrogen-bond acceptors (Lipinski definition) is 7. The van der Waals surface area contributed by atoms with Gasteiger partial charge in [0, 0.05) is 43.7 Å². The number of piperidine rings is 1. The van der Waals surface area contributed by atoms with Gasteiger partial charge in [-0.05, 0) is 35.2 Å². The summed E-state index contributed by atoms with van der Waals surface area (Å²) in [5, 5.41) is 2.68. The van der Waals surface area contributed by atoms with Gasteiger partial charge in [0.15, 0.2) is 0 Å². The van der Waals surface area contributed by atoms with Gasteiger partial charge in [-0.2, -0.15) is 13.2 Å². The topological polar surface area (TPSA) is 97.8 Å². The van der Waals surface area contributed by atoms with E-state index in [-0.39, 0.29) is 31.5 Å². The Bertz CT molecular complexity index is 1420. The Kier molecular flexibility index (Phi) is 7.40. The number of nitrogens with zero attached hydrogens (tertiary/aromatic N) is 2. The van der Waals surface area contributed by atoms with Crippen LogP contribution < -0.4 is 5.32 Å². The van der Waals surface area contributed by atoms with Crippen molar-refractivity contribution in [2.75, 3.05) is 6.54 Å². The summed E-state index contributed by atoms with van der Waals surface area (Å²) in [5.41, 5.74) is -0.288. The second-order valence-electron chi connectivity index (χ2n) is 9.43. The summed E-state index contributed by atoms with van der Waals surface area (Å²) in [5.74, 6) is -4.50. The largest absolute Gasteiger partial charge is 0.417 e. The highest BCUT2D eigenvalue weighted by Gasteiger charge is 2.50. The highest BCUT2D eigenvalue weighted by Crippen LogP contribution is 2.38. The van der Waals surface area contributed by atoms with Crippen LogP contribution in [0.4, 0.5) is 13.2 Å². The molecule has 3 heterocycles. The first-order chi connectivity index (χ1) is 19.1. The van der Waals surface area contributed by atoms with Crippen LogP contribution in [0, 0.1) is 0 Å². The van der Waals surface area contributed by atoms with Crippen molar-refractivity contribution in [3.8, 4) is 11.1 Å². The van der Waals surface area contributed by atoms with Crippen LogP contribution in [-0.4, -0.2) is 46.2 Å². The fourth-order valence-corrected chi connectivity index (χ4v) is 4.96. The smallest absolute Gasteiger partial charge is 0.405 e. The molecule has 0 aliphatic carbocycles. The normalized spacial score (nSPS) is 19.0. The maximum atomic E-state index is 14.0. The van der Waals surface area contributed by atoms with Gasteiger partial charge in [0.25, 0.3) is 5.91 Å². The highest BCUT2D eigenvalue weighted by atomic mass is 19.4. The Morgan fingerprint density at radius 3 is 2.38 bits per heavy atom. The van der Waals surface area contributed by atoms with E-state index in [4.69, 9.17) is 9.47 Å². The molecule has 2 aliphatic rings. The quantitative estimate of drug-likeness (QED) is 0.468. The first-order valence-corrected chi connectivity index (χ1v) is 12.5. The van der Waals surface area contributed by atoms with Crippen molar-refractivity contribution in [1.82, 2.24) is 15.2 Å². The van der Waals surface area contributed by atoms with E-state index >= 15 is 0 Å². The van der Waals surface area contributed by atoms with E-state index < -0.39 is 47.1 Å². The molecule has 1 spiro atoms. The van der Waals surface area contributed by atoms with Gasteiger partial charge >= 0.3 is 24.0 Å². The molecular weight excluding hydrogens is 527 g/mol. The number of pyridine rings is 1. The van der Waals surface area contributed by atoms with Crippen LogP contribution in [0.3, 0.4) is 0 Å². The number of carbonyl (C=O) groups excluding carboxylic acids is 3. The molecule has 8 nitrogen and oxygen atoms in total. The van der Waals surface area contributed by atoms with Crippen molar-refractivity contribution in [3.05, 3.63) is 102 Å². The van der Waals surface area contributed by atoms with Crippen LogP contribution in [-0.2, 0) is 31.8 Å². The highest BCUT2D eigenvalue weighted by molar-refractivity contribution is 6.02. The van der Waals surface area contributed by atoms with Crippen molar-refractivity contribution < 1.29 is 37.0 Å². The zero-order valence-electron chi connectivity index (χ0n) is 21.1. The molecule has 1 fully saturated rings. The third-order valence-corrected chi connectivity index (χ3v) is 6.72. The lowest BCUT2D eigenvalue weighted by molar-refractivity contribution is -0.298. The Labute approximate surface area is 227 Å². The number of hydrogen-bond donors (Lipinski definition) is 1. The van der Waals surface area contributed by atoms with Crippen LogP contribution in [0.2, 0.25) is 0 Å². The van der Waals surface area contributed by atoms with Crippen LogP contribution in [0.15, 0.2) is 85.2 Å². The molecule has 1 unspecified atom stereocenters. The average Bonchev–Trinajstić information content (AvgIpc) is 3.07. The fraction of sp³-hybridized carbons (Fsp3) is 0.241. The molecule has 0 saturated carbocycles. The molecule has 206 valence electrons. The van der Waals surface area contributed by atoms with Crippen molar-refractivity contribution in [2.24, 2.45) is 0 Å². The van der Waals surface area contributed by atoms with Gasteiger partial charge in [-0.3, -0.25) is 9.78 Å². The molecule has 0 bridgehead atoms. The van der Waals surface area contributed by atoms with E-state index in [1.165, 1.54) is 12.1 Å². The van der Waals surface area contributed by atoms with E-state index in [9.17, 15) is 27.6 Å². The second kappa shape index (κ2) is 10.9. The predicted molar refractivity (Wildman–Crippen MR) is 136 cm³/mol. The first-order valence-electron chi connectivity index (χ1n) is 12.5. The lowest BCUT2D eigenvalue weighted by Gasteiger charge is -2.46. The molecule has 1 aromatic heterocycles. The lowest BCUT2D eigenvalue weighted by atomic mass is 9.93. The molecule has 11 heteroatoms. The second-order valence-corrected chi connectivity index (χ2v) is 9.43. The van der Waals surface area contributed by atoms with Gasteiger partial charge in [-0.15, -0.1) is 0 Å². The summed E-state index contributed by atoms with van der Waals surface area (Å²) in [6.07, 6.45) is 0.376. The number of likely N-dealkylation sites (tertiary alicyclic amines) is 1. The van der Waals surface area contributed by atoms with Gasteiger partial charge in [-0.25, -0.2) is 14.5 Å². The van der Waals surface area contributed by atoms with Crippen LogP contribution >= 0.6 is 0 Å². The van der Waals surface area contributed by atoms with Gasteiger partial charge < -0.3 is 14.8 Å². The number of esters is 2. The molecule has 1 amide bonds. The van der Waals surface area contributed by atoms with E-state index in [1.54, 1.807) is 59.8 Å². The minimum Gasteiger partial charge on any atom is -0.405 e. The van der Waals surface area contributed by atoms with Crippen LogP contribution in [0.1, 0.15) is 34.3 Å². The summed E-state index contributed by atoms with van der Waals surface area (Å²) in [6, 6.07) is 14.6. The third kappa shape index (κ3) is 5.74. The van der Waals surface area contributed by atoms with Gasteiger partial charge in [0.05, 0.1) is 17.5 Å². The minimum absolute atomic E-state index is 0.119. The van der Waals surface area contributed by atoms with Crippen molar-refractivity contribution in [2.45, 2.75) is 37.5 Å². The summed E-state index contributed by atoms with van der Waals surface area (Å²) in [7, 11) is 0. The molecular formula is C29H24F3N3O5. The number of benzene rings is 2. The first kappa shape index (κ1) is 27.1. The Morgan fingerprint density at radius 1 is 1.00 bits per heavy atom. The van der Waals surface area contributed by atoms with E-state index in [0.29, 0.717) is 5.56 Å². The zero-order valence-corrected chi connectivity index (χ0v) is 21.1. The maximum Gasteiger partial charge on any atom is 0.417 e. The number of aromatic nitrogens is 1. The summed E-state index contributed by atoms with van der Waals surface area (Å²) in [6.45, 7) is 0.386. The number of nitrogens with one attached hydrogen (secondary N) is 1. The summed E-state index contributed by atoms with van der Waals surface area (Å²) in [4.78, 5) is 44.1. The van der Waals surface area contributed by atoms with Gasteiger partial charge in [0.2, 0.25) is 0 Å². The monoisotopic (exact) mass is 551 g/mol. The Hall–Kier alpha value is -4.51. The molecule has 2 aromatic carbocycles. The number of ether oxygens (including phenoxy) is 2. The van der Waals surface area contributed by atoms with E-state index in [1.807, 2.05) is 0 Å². The molecule has 1 saturated heterocycles. The fourth-order valence-electron chi connectivity index (χ4n) is 4.96. The summed E-state index contributed by atoms with van der Waals surface area (Å²) >= 11 is 0. The maximum absolute atomic E-state index is 14.0. The lowest BCUT2D eigenvalue weighted by Crippen LogP contribution is -2.61. The molecule has 40 heavy (non-hydrogen) atoms. The average molecular weight is 552 g/mol. The molecule has 1 N–H and O–H groups in total. The minimum atomic E-state index is -4.79. The van der Waals surface area contributed by atoms with Crippen molar-refractivity contribution in [1.29, 1.82) is 0 Å². The zero-order chi connectivity index (χ0) is 28.3.